The predicted molar refractivity (Wildman–Crippen MR) is 91.0 cm³/mol. The Morgan fingerprint density at radius 3 is 2.62 bits per heavy atom. The molecular weight excluding hydrogens is 280 g/mol. The number of hydrogen-bond donors (Lipinski definition) is 1. The molecule has 0 saturated heterocycles. The molecule has 1 N–H and O–H groups in total. The van der Waals surface area contributed by atoms with Crippen molar-refractivity contribution in [3.8, 4) is 0 Å². The fourth-order valence-electron chi connectivity index (χ4n) is 2.80. The van der Waals surface area contributed by atoms with E-state index in [4.69, 9.17) is 0 Å². The summed E-state index contributed by atoms with van der Waals surface area (Å²) in [5.74, 6) is 1.73. The van der Waals surface area contributed by atoms with Gasteiger partial charge in [-0.15, -0.1) is 11.3 Å². The minimum Gasteiger partial charge on any atom is -0.363 e. The van der Waals surface area contributed by atoms with Gasteiger partial charge in [-0.05, 0) is 24.3 Å². The van der Waals surface area contributed by atoms with Crippen molar-refractivity contribution in [2.75, 3.05) is 19.0 Å². The summed E-state index contributed by atoms with van der Waals surface area (Å²) in [4.78, 5) is 3.53. The monoisotopic (exact) mass is 306 g/mol. The van der Waals surface area contributed by atoms with Crippen LogP contribution in [0.2, 0.25) is 0 Å². The zero-order chi connectivity index (χ0) is 15.6. The van der Waals surface area contributed by atoms with Crippen LogP contribution in [0, 0.1) is 12.8 Å². The molecule has 116 valence electrons. The molecule has 5 heteroatoms. The zero-order valence-electron chi connectivity index (χ0n) is 13.8. The lowest BCUT2D eigenvalue weighted by Crippen LogP contribution is -2.26. The Kier molecular flexibility index (Phi) is 5.06. The Labute approximate surface area is 131 Å². The van der Waals surface area contributed by atoms with Gasteiger partial charge in [0.25, 0.3) is 0 Å². The number of anilines is 1. The minimum absolute atomic E-state index is 0.389. The van der Waals surface area contributed by atoms with E-state index in [1.54, 1.807) is 0 Å². The smallest absolute Gasteiger partial charge is 0.130 e. The summed E-state index contributed by atoms with van der Waals surface area (Å²) >= 11 is 1.82. The number of aryl methyl sites for hydroxylation is 2. The molecule has 0 radical (unpaired) electrons. The molecular formula is C16H26N4S. The molecule has 21 heavy (non-hydrogen) atoms. The lowest BCUT2D eigenvalue weighted by atomic mass is 10.0. The molecule has 0 aliphatic rings. The summed E-state index contributed by atoms with van der Waals surface area (Å²) in [5, 5.41) is 10.4. The molecule has 2 aromatic heterocycles. The average molecular weight is 306 g/mol. The first kappa shape index (κ1) is 16.0. The first-order valence-corrected chi connectivity index (χ1v) is 8.26. The van der Waals surface area contributed by atoms with Gasteiger partial charge in [-0.1, -0.05) is 19.9 Å². The third kappa shape index (κ3) is 3.47. The fraction of sp³-hybridized carbons (Fsp3) is 0.562. The molecule has 0 aromatic carbocycles. The maximum Gasteiger partial charge on any atom is 0.130 e. The molecule has 2 heterocycles. The summed E-state index contributed by atoms with van der Waals surface area (Å²) in [6.45, 7) is 7.45. The minimum atomic E-state index is 0.389. The average Bonchev–Trinajstić information content (AvgIpc) is 2.98. The molecule has 0 aliphatic heterocycles. The van der Waals surface area contributed by atoms with E-state index in [1.165, 1.54) is 16.3 Å². The van der Waals surface area contributed by atoms with Crippen LogP contribution in [0.1, 0.15) is 36.0 Å². The summed E-state index contributed by atoms with van der Waals surface area (Å²) < 4.78 is 1.96. The molecule has 0 spiro atoms. The van der Waals surface area contributed by atoms with Gasteiger partial charge in [0.05, 0.1) is 5.69 Å². The van der Waals surface area contributed by atoms with Crippen molar-refractivity contribution in [3.63, 3.8) is 0 Å². The van der Waals surface area contributed by atoms with Crippen LogP contribution in [0.4, 0.5) is 5.82 Å². The molecule has 0 unspecified atom stereocenters. The van der Waals surface area contributed by atoms with Crippen molar-refractivity contribution in [3.05, 3.63) is 33.6 Å². The van der Waals surface area contributed by atoms with Gasteiger partial charge in [0, 0.05) is 44.2 Å². The highest BCUT2D eigenvalue weighted by atomic mass is 32.1. The summed E-state index contributed by atoms with van der Waals surface area (Å²) in [7, 11) is 6.14. The van der Waals surface area contributed by atoms with Gasteiger partial charge in [0.15, 0.2) is 0 Å². The third-order valence-electron chi connectivity index (χ3n) is 3.75. The van der Waals surface area contributed by atoms with E-state index in [0.29, 0.717) is 12.0 Å². The molecule has 0 fully saturated rings. The van der Waals surface area contributed by atoms with Gasteiger partial charge < -0.3 is 10.2 Å². The molecule has 2 aromatic rings. The van der Waals surface area contributed by atoms with Crippen LogP contribution in [0.3, 0.4) is 0 Å². The van der Waals surface area contributed by atoms with Crippen LogP contribution in [0.15, 0.2) is 17.5 Å². The van der Waals surface area contributed by atoms with E-state index in [-0.39, 0.29) is 0 Å². The Balaban J connectivity index is 2.19. The highest BCUT2D eigenvalue weighted by Gasteiger charge is 2.20. The normalized spacial score (nSPS) is 12.9. The fourth-order valence-corrected chi connectivity index (χ4v) is 3.77. The van der Waals surface area contributed by atoms with Gasteiger partial charge in [0.2, 0.25) is 0 Å². The quantitative estimate of drug-likeness (QED) is 0.888. The van der Waals surface area contributed by atoms with Crippen LogP contribution in [-0.2, 0) is 13.6 Å². The van der Waals surface area contributed by atoms with E-state index in [1.807, 2.05) is 23.1 Å². The summed E-state index contributed by atoms with van der Waals surface area (Å²) in [6.07, 6.45) is 0. The zero-order valence-corrected chi connectivity index (χ0v) is 14.7. The number of rotatable bonds is 6. The van der Waals surface area contributed by atoms with E-state index in [9.17, 15) is 0 Å². The Bertz CT molecular complexity index is 569. The number of aromatic nitrogens is 2. The van der Waals surface area contributed by atoms with Crippen LogP contribution < -0.4 is 10.2 Å². The summed E-state index contributed by atoms with van der Waals surface area (Å²) in [5.41, 5.74) is 2.38. The van der Waals surface area contributed by atoms with E-state index in [0.717, 1.165) is 12.2 Å². The number of hydrogen-bond acceptors (Lipinski definition) is 4. The van der Waals surface area contributed by atoms with Crippen molar-refractivity contribution in [2.45, 2.75) is 33.4 Å². The van der Waals surface area contributed by atoms with Gasteiger partial charge in [0.1, 0.15) is 5.82 Å². The lowest BCUT2D eigenvalue weighted by molar-refractivity contribution is 0.416. The van der Waals surface area contributed by atoms with E-state index >= 15 is 0 Å². The van der Waals surface area contributed by atoms with Crippen molar-refractivity contribution < 1.29 is 0 Å². The van der Waals surface area contributed by atoms with E-state index in [2.05, 4.69) is 67.7 Å². The van der Waals surface area contributed by atoms with Crippen molar-refractivity contribution >= 4 is 17.2 Å². The second-order valence-corrected chi connectivity index (χ2v) is 7.00. The SMILES string of the molecule is Cc1nn(C)c(N(C)C)c1CN[C@@H](c1cccs1)C(C)C. The van der Waals surface area contributed by atoms with Crippen molar-refractivity contribution in [2.24, 2.45) is 13.0 Å². The van der Waals surface area contributed by atoms with Crippen LogP contribution >= 0.6 is 11.3 Å². The number of nitrogens with zero attached hydrogens (tertiary/aromatic N) is 3. The highest BCUT2D eigenvalue weighted by Crippen LogP contribution is 2.28. The van der Waals surface area contributed by atoms with Gasteiger partial charge in [-0.25, -0.2) is 0 Å². The van der Waals surface area contributed by atoms with Gasteiger partial charge in [-0.2, -0.15) is 5.10 Å². The molecule has 0 aliphatic carbocycles. The molecule has 0 saturated carbocycles. The van der Waals surface area contributed by atoms with Crippen LogP contribution in [0.5, 0.6) is 0 Å². The van der Waals surface area contributed by atoms with Gasteiger partial charge >= 0.3 is 0 Å². The van der Waals surface area contributed by atoms with Crippen LogP contribution in [-0.4, -0.2) is 23.9 Å². The number of nitrogens with one attached hydrogen (secondary N) is 1. The largest absolute Gasteiger partial charge is 0.363 e. The predicted octanol–water partition coefficient (Wildman–Crippen LogP) is 3.34. The topological polar surface area (TPSA) is 33.1 Å². The summed E-state index contributed by atoms with van der Waals surface area (Å²) in [6, 6.07) is 4.72. The molecule has 2 rings (SSSR count). The Hall–Kier alpha value is -1.33. The van der Waals surface area contributed by atoms with Crippen molar-refractivity contribution in [1.29, 1.82) is 0 Å². The third-order valence-corrected chi connectivity index (χ3v) is 4.71. The van der Waals surface area contributed by atoms with Gasteiger partial charge in [-0.3, -0.25) is 4.68 Å². The molecule has 0 amide bonds. The Morgan fingerprint density at radius 1 is 1.38 bits per heavy atom. The standard InChI is InChI=1S/C16H26N4S/c1-11(2)15(14-8-7-9-21-14)17-10-13-12(3)18-20(6)16(13)19(4)5/h7-9,11,15,17H,10H2,1-6H3/t15-/m1/s1. The Morgan fingerprint density at radius 2 is 2.10 bits per heavy atom. The lowest BCUT2D eigenvalue weighted by Gasteiger charge is -2.22. The molecule has 1 atom stereocenters. The first-order valence-electron chi connectivity index (χ1n) is 7.38. The second-order valence-electron chi connectivity index (χ2n) is 6.02. The number of thiophene rings is 1. The van der Waals surface area contributed by atoms with Crippen LogP contribution in [0.25, 0.3) is 0 Å². The van der Waals surface area contributed by atoms with Crippen molar-refractivity contribution in [1.82, 2.24) is 15.1 Å². The molecule has 0 bridgehead atoms. The van der Waals surface area contributed by atoms with E-state index < -0.39 is 0 Å². The molecule has 4 nitrogen and oxygen atoms in total. The first-order chi connectivity index (χ1) is 9.91. The second kappa shape index (κ2) is 6.62. The highest BCUT2D eigenvalue weighted by molar-refractivity contribution is 7.10. The maximum atomic E-state index is 4.56. The maximum absolute atomic E-state index is 4.56.